The first-order chi connectivity index (χ1) is 16.5. The molecule has 0 fully saturated rings. The zero-order valence-corrected chi connectivity index (χ0v) is 19.4. The number of benzene rings is 3. The van der Waals surface area contributed by atoms with Crippen molar-refractivity contribution in [1.82, 2.24) is 15.1 Å². The van der Waals surface area contributed by atoms with Crippen LogP contribution in [0.4, 0.5) is 5.69 Å². The van der Waals surface area contributed by atoms with Crippen molar-refractivity contribution >= 4 is 29.1 Å². The Morgan fingerprint density at radius 1 is 1.00 bits per heavy atom. The first-order valence-electron chi connectivity index (χ1n) is 11.0. The van der Waals surface area contributed by atoms with E-state index in [1.165, 1.54) is 0 Å². The first kappa shape index (κ1) is 21.9. The standard InChI is InChI=1S/C27H23ClN4O2/c1-27(26(34)29-17-19-8-4-2-5-9-19)18-31-24(16-23(30-31)20-10-6-3-7-11-20)25(33)32(27)22-14-12-21(28)13-15-22/h2-16H,17-18H2,1H3,(H,29,34)/t27-/m0/s1. The third-order valence-corrected chi connectivity index (χ3v) is 6.34. The average molecular weight is 471 g/mol. The predicted molar refractivity (Wildman–Crippen MR) is 133 cm³/mol. The summed E-state index contributed by atoms with van der Waals surface area (Å²) in [6.07, 6.45) is 0. The highest BCUT2D eigenvalue weighted by atomic mass is 35.5. The Hall–Kier alpha value is -3.90. The van der Waals surface area contributed by atoms with Crippen LogP contribution in [0.5, 0.6) is 0 Å². The number of rotatable bonds is 5. The number of anilines is 1. The molecule has 0 aliphatic carbocycles. The van der Waals surface area contributed by atoms with Crippen molar-refractivity contribution in [2.45, 2.75) is 25.6 Å². The van der Waals surface area contributed by atoms with E-state index in [1.54, 1.807) is 46.8 Å². The van der Waals surface area contributed by atoms with Gasteiger partial charge < -0.3 is 5.32 Å². The second-order valence-corrected chi connectivity index (χ2v) is 8.93. The van der Waals surface area contributed by atoms with Crippen molar-refractivity contribution in [3.05, 3.63) is 107 Å². The van der Waals surface area contributed by atoms with E-state index < -0.39 is 5.54 Å². The highest BCUT2D eigenvalue weighted by Gasteiger charge is 2.48. The molecule has 1 atom stereocenters. The summed E-state index contributed by atoms with van der Waals surface area (Å²) in [6.45, 7) is 2.34. The lowest BCUT2D eigenvalue weighted by Gasteiger charge is -2.43. The summed E-state index contributed by atoms with van der Waals surface area (Å²) in [5.41, 5.74) is 2.40. The Bertz CT molecular complexity index is 1340. The molecule has 0 saturated carbocycles. The average Bonchev–Trinajstić information content (AvgIpc) is 3.29. The molecule has 1 N–H and O–H groups in total. The molecule has 0 radical (unpaired) electrons. The number of carbonyl (C=O) groups is 2. The van der Waals surface area contributed by atoms with E-state index in [9.17, 15) is 9.59 Å². The summed E-state index contributed by atoms with van der Waals surface area (Å²) in [4.78, 5) is 28.9. The molecular formula is C27H23ClN4O2. The van der Waals surface area contributed by atoms with Gasteiger partial charge in [-0.15, -0.1) is 0 Å². The minimum atomic E-state index is -1.20. The van der Waals surface area contributed by atoms with Crippen LogP contribution in [0.25, 0.3) is 11.3 Å². The van der Waals surface area contributed by atoms with Crippen LogP contribution in [-0.2, 0) is 17.9 Å². The van der Waals surface area contributed by atoms with Crippen molar-refractivity contribution in [1.29, 1.82) is 0 Å². The topological polar surface area (TPSA) is 67.2 Å². The SMILES string of the molecule is C[C@@]1(C(=O)NCc2ccccc2)Cn2nc(-c3ccccc3)cc2C(=O)N1c1ccc(Cl)cc1. The number of fused-ring (bicyclic) bond motifs is 1. The van der Waals surface area contributed by atoms with Crippen LogP contribution in [-0.4, -0.2) is 27.1 Å². The van der Waals surface area contributed by atoms with Crippen molar-refractivity contribution in [3.8, 4) is 11.3 Å². The molecule has 5 rings (SSSR count). The van der Waals surface area contributed by atoms with Crippen molar-refractivity contribution in [2.24, 2.45) is 0 Å². The summed E-state index contributed by atoms with van der Waals surface area (Å²) in [5.74, 6) is -0.553. The number of halogens is 1. The summed E-state index contributed by atoms with van der Waals surface area (Å²) in [7, 11) is 0. The second-order valence-electron chi connectivity index (χ2n) is 8.50. The molecule has 0 unspecified atom stereocenters. The van der Waals surface area contributed by atoms with E-state index in [0.29, 0.717) is 28.6 Å². The van der Waals surface area contributed by atoms with Crippen LogP contribution >= 0.6 is 11.6 Å². The van der Waals surface area contributed by atoms with Crippen molar-refractivity contribution < 1.29 is 9.59 Å². The van der Waals surface area contributed by atoms with E-state index in [1.807, 2.05) is 60.7 Å². The van der Waals surface area contributed by atoms with Gasteiger partial charge in [-0.1, -0.05) is 72.3 Å². The molecule has 0 saturated heterocycles. The number of nitrogens with zero attached hydrogens (tertiary/aromatic N) is 3. The van der Waals surface area contributed by atoms with Crippen LogP contribution < -0.4 is 10.2 Å². The van der Waals surface area contributed by atoms with E-state index in [-0.39, 0.29) is 18.4 Å². The van der Waals surface area contributed by atoms with Gasteiger partial charge in [0.15, 0.2) is 0 Å². The van der Waals surface area contributed by atoms with E-state index >= 15 is 0 Å². The molecule has 1 aliphatic rings. The van der Waals surface area contributed by atoms with Gasteiger partial charge in [0.2, 0.25) is 5.91 Å². The Labute approximate surface area is 202 Å². The molecule has 0 spiro atoms. The summed E-state index contributed by atoms with van der Waals surface area (Å²) in [5, 5.41) is 8.24. The van der Waals surface area contributed by atoms with Crippen molar-refractivity contribution in [2.75, 3.05) is 4.90 Å². The van der Waals surface area contributed by atoms with Gasteiger partial charge in [-0.05, 0) is 42.8 Å². The summed E-state index contributed by atoms with van der Waals surface area (Å²) < 4.78 is 1.64. The number of hydrogen-bond donors (Lipinski definition) is 1. The molecule has 2 amide bonds. The molecule has 0 bridgehead atoms. The van der Waals surface area contributed by atoms with Crippen LogP contribution in [0.3, 0.4) is 0 Å². The van der Waals surface area contributed by atoms with Gasteiger partial charge in [-0.2, -0.15) is 5.10 Å². The molecule has 6 nitrogen and oxygen atoms in total. The van der Waals surface area contributed by atoms with Gasteiger partial charge in [0, 0.05) is 22.8 Å². The molecule has 3 aromatic carbocycles. The number of carbonyl (C=O) groups excluding carboxylic acids is 2. The predicted octanol–water partition coefficient (Wildman–Crippen LogP) is 4.94. The number of amides is 2. The Morgan fingerprint density at radius 3 is 2.32 bits per heavy atom. The maximum Gasteiger partial charge on any atom is 0.277 e. The fourth-order valence-electron chi connectivity index (χ4n) is 4.29. The Morgan fingerprint density at radius 2 is 1.65 bits per heavy atom. The van der Waals surface area contributed by atoms with Gasteiger partial charge in [0.1, 0.15) is 11.2 Å². The van der Waals surface area contributed by atoms with Crippen LogP contribution in [0.2, 0.25) is 5.02 Å². The van der Waals surface area contributed by atoms with Gasteiger partial charge in [-0.3, -0.25) is 19.2 Å². The highest BCUT2D eigenvalue weighted by Crippen LogP contribution is 2.34. The molecule has 1 aliphatic heterocycles. The van der Waals surface area contributed by atoms with Gasteiger partial charge in [0.05, 0.1) is 12.2 Å². The highest BCUT2D eigenvalue weighted by molar-refractivity contribution is 6.30. The zero-order valence-electron chi connectivity index (χ0n) is 18.6. The lowest BCUT2D eigenvalue weighted by molar-refractivity contribution is -0.126. The molecule has 1 aromatic heterocycles. The maximum absolute atomic E-state index is 13.8. The number of aromatic nitrogens is 2. The Kier molecular flexibility index (Phi) is 5.67. The molecule has 170 valence electrons. The molecule has 7 heteroatoms. The lowest BCUT2D eigenvalue weighted by atomic mass is 9.93. The second kappa shape index (κ2) is 8.80. The molecule has 34 heavy (non-hydrogen) atoms. The molecule has 4 aromatic rings. The Balaban J connectivity index is 1.54. The third-order valence-electron chi connectivity index (χ3n) is 6.09. The van der Waals surface area contributed by atoms with Gasteiger partial charge >= 0.3 is 0 Å². The zero-order chi connectivity index (χ0) is 23.7. The van der Waals surface area contributed by atoms with E-state index in [2.05, 4.69) is 10.4 Å². The van der Waals surface area contributed by atoms with Crippen LogP contribution in [0, 0.1) is 0 Å². The van der Waals surface area contributed by atoms with E-state index in [0.717, 1.165) is 11.1 Å². The summed E-state index contributed by atoms with van der Waals surface area (Å²) in [6, 6.07) is 28.1. The minimum Gasteiger partial charge on any atom is -0.350 e. The largest absolute Gasteiger partial charge is 0.350 e. The van der Waals surface area contributed by atoms with Crippen molar-refractivity contribution in [3.63, 3.8) is 0 Å². The van der Waals surface area contributed by atoms with Gasteiger partial charge in [0.25, 0.3) is 5.91 Å². The van der Waals surface area contributed by atoms with E-state index in [4.69, 9.17) is 11.6 Å². The fourth-order valence-corrected chi connectivity index (χ4v) is 4.42. The summed E-state index contributed by atoms with van der Waals surface area (Å²) >= 11 is 6.09. The fraction of sp³-hybridized carbons (Fsp3) is 0.148. The number of nitrogens with one attached hydrogen (secondary N) is 1. The number of hydrogen-bond acceptors (Lipinski definition) is 3. The molecular weight excluding hydrogens is 448 g/mol. The minimum absolute atomic E-state index is 0.212. The maximum atomic E-state index is 13.8. The lowest BCUT2D eigenvalue weighted by Crippen LogP contribution is -2.64. The van der Waals surface area contributed by atoms with Gasteiger partial charge in [-0.25, -0.2) is 0 Å². The normalized spacial score (nSPS) is 17.4. The van der Waals surface area contributed by atoms with Crippen LogP contribution in [0.1, 0.15) is 23.0 Å². The first-order valence-corrected chi connectivity index (χ1v) is 11.4. The van der Waals surface area contributed by atoms with Crippen LogP contribution in [0.15, 0.2) is 91.0 Å². The smallest absolute Gasteiger partial charge is 0.277 e. The monoisotopic (exact) mass is 470 g/mol. The molecule has 2 heterocycles. The quantitative estimate of drug-likeness (QED) is 0.449. The third kappa shape index (κ3) is 3.97.